The Bertz CT molecular complexity index is 1650. The Morgan fingerprint density at radius 3 is 2.46 bits per heavy atom. The van der Waals surface area contributed by atoms with Crippen molar-refractivity contribution in [2.45, 2.75) is 20.4 Å². The number of para-hydroxylation sites is 1. The van der Waals surface area contributed by atoms with Crippen molar-refractivity contribution in [3.8, 4) is 17.3 Å². The van der Waals surface area contributed by atoms with E-state index in [4.69, 9.17) is 14.3 Å². The third-order valence-corrected chi connectivity index (χ3v) is 5.88. The second-order valence-corrected chi connectivity index (χ2v) is 8.51. The summed E-state index contributed by atoms with van der Waals surface area (Å²) in [7, 11) is 1.53. The summed E-state index contributed by atoms with van der Waals surface area (Å²) in [5, 5.41) is 8.60. The van der Waals surface area contributed by atoms with Gasteiger partial charge >= 0.3 is 0 Å². The Kier molecular flexibility index (Phi) is 9.31. The summed E-state index contributed by atoms with van der Waals surface area (Å²) >= 11 is 0. The van der Waals surface area contributed by atoms with E-state index in [1.165, 1.54) is 30.8 Å². The Morgan fingerprint density at radius 2 is 1.80 bits per heavy atom. The first-order chi connectivity index (χ1) is 19.9. The molecule has 0 amide bonds. The summed E-state index contributed by atoms with van der Waals surface area (Å²) in [5.74, 6) is -0.0344. The fourth-order valence-corrected chi connectivity index (χ4v) is 4.03. The fraction of sp³-hybridized carbons (Fsp3) is 0.167. The van der Waals surface area contributed by atoms with Crippen LogP contribution in [0, 0.1) is 11.6 Å². The van der Waals surface area contributed by atoms with Gasteiger partial charge in [0.05, 0.1) is 32.0 Å². The van der Waals surface area contributed by atoms with Gasteiger partial charge in [-0.3, -0.25) is 9.67 Å². The minimum absolute atomic E-state index is 0.131. The summed E-state index contributed by atoms with van der Waals surface area (Å²) < 4.78 is 42.3. The van der Waals surface area contributed by atoms with Crippen molar-refractivity contribution < 1.29 is 23.0 Å². The highest BCUT2D eigenvalue weighted by atomic mass is 19.1. The van der Waals surface area contributed by atoms with E-state index in [2.05, 4.69) is 31.9 Å². The first-order valence-corrected chi connectivity index (χ1v) is 12.6. The zero-order chi connectivity index (χ0) is 29.4. The lowest BCUT2D eigenvalue weighted by Gasteiger charge is -2.11. The van der Waals surface area contributed by atoms with E-state index in [0.717, 1.165) is 17.4 Å². The molecule has 0 spiro atoms. The first kappa shape index (κ1) is 28.8. The zero-order valence-corrected chi connectivity index (χ0v) is 22.8. The normalized spacial score (nSPS) is 10.5. The molecule has 0 atom stereocenters. The van der Waals surface area contributed by atoms with Crippen LogP contribution in [-0.4, -0.2) is 44.7 Å². The molecule has 0 aliphatic carbocycles. The van der Waals surface area contributed by atoms with Gasteiger partial charge < -0.3 is 19.6 Å². The molecule has 0 fully saturated rings. The Labute approximate surface area is 235 Å². The van der Waals surface area contributed by atoms with Crippen molar-refractivity contribution in [2.75, 3.05) is 19.0 Å². The van der Waals surface area contributed by atoms with Gasteiger partial charge in [0.1, 0.15) is 29.4 Å². The lowest BCUT2D eigenvalue weighted by Crippen LogP contribution is -2.08. The number of nitrogens with one attached hydrogen (secondary N) is 1. The van der Waals surface area contributed by atoms with E-state index in [0.29, 0.717) is 35.2 Å². The Morgan fingerprint density at radius 1 is 1.12 bits per heavy atom. The molecule has 5 aromatic rings. The number of carbonyl (C=O) groups excluding carboxylic acids is 1. The van der Waals surface area contributed by atoms with Crippen LogP contribution in [0.2, 0.25) is 0 Å². The number of hydrogen-bond donors (Lipinski definition) is 1. The van der Waals surface area contributed by atoms with Crippen LogP contribution in [0.5, 0.6) is 5.75 Å². The van der Waals surface area contributed by atoms with Gasteiger partial charge in [-0.05, 0) is 44.2 Å². The van der Waals surface area contributed by atoms with Gasteiger partial charge in [-0.1, -0.05) is 24.8 Å². The second kappa shape index (κ2) is 13.2. The molecule has 210 valence electrons. The van der Waals surface area contributed by atoms with Crippen molar-refractivity contribution in [1.29, 1.82) is 0 Å². The highest BCUT2D eigenvalue weighted by Crippen LogP contribution is 2.31. The number of fused-ring (bicyclic) bond motifs is 1. The number of ether oxygens (including phenoxy) is 2. The van der Waals surface area contributed by atoms with Gasteiger partial charge in [0, 0.05) is 34.6 Å². The van der Waals surface area contributed by atoms with Crippen molar-refractivity contribution in [1.82, 2.24) is 24.7 Å². The van der Waals surface area contributed by atoms with Gasteiger partial charge in [0.2, 0.25) is 0 Å². The topological polar surface area (TPSA) is 104 Å². The van der Waals surface area contributed by atoms with Crippen LogP contribution in [0.25, 0.3) is 28.2 Å². The maximum Gasteiger partial charge on any atom is 0.183 e. The molecule has 3 heterocycles. The van der Waals surface area contributed by atoms with Crippen LogP contribution in [0.15, 0.2) is 73.7 Å². The average Bonchev–Trinajstić information content (AvgIpc) is 3.34. The van der Waals surface area contributed by atoms with Crippen molar-refractivity contribution >= 4 is 34.5 Å². The molecule has 0 saturated carbocycles. The highest BCUT2D eigenvalue weighted by molar-refractivity contribution is 5.92. The molecule has 41 heavy (non-hydrogen) atoms. The SMILES string of the molecule is C=C(OCC)c1cc(F)c(Cn2nc(-c3ncc(OC)c(Nc4ccncc4)n3)c3ccccc32)c(F)c1.CC=O. The minimum atomic E-state index is -0.716. The zero-order valence-electron chi connectivity index (χ0n) is 22.8. The summed E-state index contributed by atoms with van der Waals surface area (Å²) in [6, 6.07) is 13.4. The number of hydrogen-bond acceptors (Lipinski definition) is 8. The Balaban J connectivity index is 0.00000124. The molecule has 2 aromatic carbocycles. The fourth-order valence-electron chi connectivity index (χ4n) is 4.03. The smallest absolute Gasteiger partial charge is 0.183 e. The number of benzene rings is 2. The summed E-state index contributed by atoms with van der Waals surface area (Å²) in [4.78, 5) is 21.9. The highest BCUT2D eigenvalue weighted by Gasteiger charge is 2.20. The average molecular weight is 559 g/mol. The predicted molar refractivity (Wildman–Crippen MR) is 153 cm³/mol. The van der Waals surface area contributed by atoms with Crippen LogP contribution in [0.4, 0.5) is 20.3 Å². The van der Waals surface area contributed by atoms with Gasteiger partial charge in [-0.2, -0.15) is 5.10 Å². The molecule has 11 heteroatoms. The molecule has 0 unspecified atom stereocenters. The number of carbonyl (C=O) groups is 1. The number of aromatic nitrogens is 5. The molecule has 0 aliphatic rings. The van der Waals surface area contributed by atoms with Crippen LogP contribution >= 0.6 is 0 Å². The quantitative estimate of drug-likeness (QED) is 0.169. The lowest BCUT2D eigenvalue weighted by atomic mass is 10.1. The lowest BCUT2D eigenvalue weighted by molar-refractivity contribution is -0.106. The van der Waals surface area contributed by atoms with E-state index >= 15 is 8.78 Å². The number of aldehydes is 1. The molecule has 5 rings (SSSR count). The second-order valence-electron chi connectivity index (χ2n) is 8.51. The number of methoxy groups -OCH3 is 1. The molecule has 3 aromatic heterocycles. The molecule has 1 N–H and O–H groups in total. The van der Waals surface area contributed by atoms with E-state index in [1.807, 2.05) is 24.3 Å². The minimum Gasteiger partial charge on any atom is -0.494 e. The number of anilines is 2. The van der Waals surface area contributed by atoms with E-state index in [1.54, 1.807) is 37.6 Å². The van der Waals surface area contributed by atoms with Crippen LogP contribution in [0.3, 0.4) is 0 Å². The monoisotopic (exact) mass is 558 g/mol. The van der Waals surface area contributed by atoms with E-state index < -0.39 is 11.6 Å². The predicted octanol–water partition coefficient (Wildman–Crippen LogP) is 6.18. The van der Waals surface area contributed by atoms with Crippen LogP contribution in [0.1, 0.15) is 25.0 Å². The van der Waals surface area contributed by atoms with Crippen LogP contribution in [-0.2, 0) is 16.1 Å². The first-order valence-electron chi connectivity index (χ1n) is 12.6. The van der Waals surface area contributed by atoms with Gasteiger partial charge in [-0.15, -0.1) is 0 Å². The van der Waals surface area contributed by atoms with Crippen molar-refractivity contribution in [3.05, 3.63) is 96.5 Å². The number of pyridine rings is 1. The summed E-state index contributed by atoms with van der Waals surface area (Å²) in [6.45, 7) is 7.15. The molecule has 0 radical (unpaired) electrons. The molecule has 9 nitrogen and oxygen atoms in total. The van der Waals surface area contributed by atoms with Crippen molar-refractivity contribution in [2.24, 2.45) is 0 Å². The van der Waals surface area contributed by atoms with Crippen LogP contribution < -0.4 is 10.1 Å². The summed E-state index contributed by atoms with van der Waals surface area (Å²) in [5.41, 5.74) is 2.01. The molecular weight excluding hydrogens is 530 g/mol. The standard InChI is InChI=1S/C28H24F2N6O2.C2H4O/c1-4-38-17(2)18-13-22(29)21(23(30)14-18)16-36-24-8-6-5-7-20(24)26(35-36)28-32-15-25(37-3)27(34-28)33-19-9-11-31-12-10-19;1-2-3/h5-15H,2,4,16H2,1,3H3,(H,31,32,33,34);2H,1H3. The van der Waals surface area contributed by atoms with E-state index in [9.17, 15) is 0 Å². The van der Waals surface area contributed by atoms with Gasteiger partial charge in [0.15, 0.2) is 17.4 Å². The number of halogens is 2. The number of nitrogens with zero attached hydrogens (tertiary/aromatic N) is 5. The van der Waals surface area contributed by atoms with Crippen molar-refractivity contribution in [3.63, 3.8) is 0 Å². The largest absolute Gasteiger partial charge is 0.494 e. The third-order valence-electron chi connectivity index (χ3n) is 5.88. The molecule has 0 bridgehead atoms. The summed E-state index contributed by atoms with van der Waals surface area (Å²) in [6.07, 6.45) is 5.61. The molecule has 0 aliphatic heterocycles. The van der Waals surface area contributed by atoms with Gasteiger partial charge in [0.25, 0.3) is 0 Å². The molecule has 0 saturated heterocycles. The van der Waals surface area contributed by atoms with Gasteiger partial charge in [-0.25, -0.2) is 18.7 Å². The number of rotatable bonds is 9. The maximum atomic E-state index is 15.0. The maximum absolute atomic E-state index is 15.0. The Hall–Kier alpha value is -5.19. The van der Waals surface area contributed by atoms with E-state index in [-0.39, 0.29) is 23.4 Å². The third kappa shape index (κ3) is 6.52. The molecular formula is C30H28F2N6O3.